The first kappa shape index (κ1) is 16.5. The Hall–Kier alpha value is -1.40. The van der Waals surface area contributed by atoms with Gasteiger partial charge in [-0.05, 0) is 52.1 Å². The summed E-state index contributed by atoms with van der Waals surface area (Å²) in [7, 11) is 0. The third-order valence-electron chi connectivity index (χ3n) is 5.00. The van der Waals surface area contributed by atoms with Crippen LogP contribution in [0.5, 0.6) is 0 Å². The zero-order chi connectivity index (χ0) is 16.2. The molecule has 1 aromatic heterocycles. The van der Waals surface area contributed by atoms with E-state index < -0.39 is 0 Å². The highest BCUT2D eigenvalue weighted by atomic mass is 16.5. The summed E-state index contributed by atoms with van der Waals surface area (Å²) in [5, 5.41) is 3.10. The molecule has 1 atom stereocenters. The molecule has 1 amide bonds. The molecule has 2 aliphatic rings. The van der Waals surface area contributed by atoms with Crippen molar-refractivity contribution < 1.29 is 13.9 Å². The summed E-state index contributed by atoms with van der Waals surface area (Å²) in [5.41, 5.74) is 0.980. The van der Waals surface area contributed by atoms with Gasteiger partial charge < -0.3 is 14.5 Å². The molecule has 3 heterocycles. The molecule has 0 spiro atoms. The fraction of sp³-hybridized carbons (Fsp3) is 0.765. The first-order chi connectivity index (χ1) is 11.1. The van der Waals surface area contributed by atoms with Crippen molar-refractivity contribution in [3.05, 3.63) is 17.3 Å². The smallest absolute Gasteiger partial charge is 0.225 e. The molecule has 2 saturated heterocycles. The van der Waals surface area contributed by atoms with Crippen LogP contribution >= 0.6 is 0 Å². The molecule has 0 aromatic carbocycles. The Morgan fingerprint density at radius 3 is 2.70 bits per heavy atom. The third-order valence-corrected chi connectivity index (χ3v) is 5.00. The number of rotatable bonds is 5. The minimum absolute atomic E-state index is 0.0617. The minimum atomic E-state index is 0.0617. The number of hydrogen-bond acceptors (Lipinski definition) is 5. The van der Waals surface area contributed by atoms with Crippen LogP contribution in [-0.4, -0.2) is 48.6 Å². The van der Waals surface area contributed by atoms with Gasteiger partial charge in [-0.15, -0.1) is 0 Å². The van der Waals surface area contributed by atoms with Crippen LogP contribution in [0.25, 0.3) is 0 Å². The molecular weight excluding hydrogens is 294 g/mol. The predicted octanol–water partition coefficient (Wildman–Crippen LogP) is 1.66. The summed E-state index contributed by atoms with van der Waals surface area (Å²) in [5.74, 6) is 2.52. The number of aromatic nitrogens is 1. The number of ether oxygens (including phenoxy) is 1. The van der Waals surface area contributed by atoms with Crippen molar-refractivity contribution in [2.24, 2.45) is 11.8 Å². The SMILES string of the molecule is Cc1nc(CN2CCC(CNC(=O)[C@H]3CCOC3)CC2)oc1C. The van der Waals surface area contributed by atoms with Gasteiger partial charge in [-0.2, -0.15) is 0 Å². The van der Waals surface area contributed by atoms with E-state index >= 15 is 0 Å². The Labute approximate surface area is 137 Å². The van der Waals surface area contributed by atoms with E-state index in [0.29, 0.717) is 12.5 Å². The average Bonchev–Trinajstić information content (AvgIpc) is 3.17. The molecule has 1 N–H and O–H groups in total. The quantitative estimate of drug-likeness (QED) is 0.893. The van der Waals surface area contributed by atoms with Gasteiger partial charge >= 0.3 is 0 Å². The van der Waals surface area contributed by atoms with Crippen LogP contribution in [0.3, 0.4) is 0 Å². The Kier molecular flexibility index (Phi) is 5.33. The summed E-state index contributed by atoms with van der Waals surface area (Å²) in [6.07, 6.45) is 3.08. The number of oxazole rings is 1. The van der Waals surface area contributed by atoms with Crippen LogP contribution in [0.2, 0.25) is 0 Å². The van der Waals surface area contributed by atoms with Crippen LogP contribution < -0.4 is 5.32 Å². The second kappa shape index (κ2) is 7.45. The van der Waals surface area contributed by atoms with Crippen molar-refractivity contribution in [3.8, 4) is 0 Å². The molecule has 6 nitrogen and oxygen atoms in total. The standard InChI is InChI=1S/C17H27N3O3/c1-12-13(2)23-16(19-12)10-20-6-3-14(4-7-20)9-18-17(21)15-5-8-22-11-15/h14-15H,3-11H2,1-2H3,(H,18,21)/t15-/m0/s1. The largest absolute Gasteiger partial charge is 0.444 e. The number of amides is 1. The topological polar surface area (TPSA) is 67.6 Å². The second-order valence-corrected chi connectivity index (χ2v) is 6.77. The Bertz CT molecular complexity index is 510. The molecule has 0 saturated carbocycles. The molecular formula is C17H27N3O3. The number of likely N-dealkylation sites (tertiary alicyclic amines) is 1. The maximum atomic E-state index is 12.0. The van der Waals surface area contributed by atoms with Gasteiger partial charge in [-0.3, -0.25) is 9.69 Å². The number of piperidine rings is 1. The number of aryl methyl sites for hydroxylation is 2. The van der Waals surface area contributed by atoms with Crippen molar-refractivity contribution in [1.82, 2.24) is 15.2 Å². The predicted molar refractivity (Wildman–Crippen MR) is 85.9 cm³/mol. The molecule has 0 unspecified atom stereocenters. The van der Waals surface area contributed by atoms with Crippen molar-refractivity contribution >= 4 is 5.91 Å². The van der Waals surface area contributed by atoms with Crippen LogP contribution in [0, 0.1) is 25.7 Å². The van der Waals surface area contributed by atoms with Gasteiger partial charge in [0.05, 0.1) is 24.8 Å². The average molecular weight is 321 g/mol. The summed E-state index contributed by atoms with van der Waals surface area (Å²) >= 11 is 0. The van der Waals surface area contributed by atoms with E-state index in [0.717, 1.165) is 69.4 Å². The first-order valence-corrected chi connectivity index (χ1v) is 8.62. The van der Waals surface area contributed by atoms with Gasteiger partial charge in [0.15, 0.2) is 0 Å². The summed E-state index contributed by atoms with van der Waals surface area (Å²) < 4.78 is 10.9. The van der Waals surface area contributed by atoms with E-state index in [-0.39, 0.29) is 11.8 Å². The van der Waals surface area contributed by atoms with Crippen LogP contribution in [0.4, 0.5) is 0 Å². The number of carbonyl (C=O) groups is 1. The fourth-order valence-electron chi connectivity index (χ4n) is 3.28. The number of nitrogens with zero attached hydrogens (tertiary/aromatic N) is 2. The van der Waals surface area contributed by atoms with Gasteiger partial charge in [0, 0.05) is 13.2 Å². The molecule has 6 heteroatoms. The molecule has 0 radical (unpaired) electrons. The summed E-state index contributed by atoms with van der Waals surface area (Å²) in [6.45, 7) is 8.88. The summed E-state index contributed by atoms with van der Waals surface area (Å²) in [6, 6.07) is 0. The second-order valence-electron chi connectivity index (χ2n) is 6.77. The number of carbonyl (C=O) groups excluding carboxylic acids is 1. The van der Waals surface area contributed by atoms with Crippen LogP contribution in [0.15, 0.2) is 4.42 Å². The van der Waals surface area contributed by atoms with E-state index in [2.05, 4.69) is 15.2 Å². The lowest BCUT2D eigenvalue weighted by Gasteiger charge is -2.31. The van der Waals surface area contributed by atoms with E-state index in [9.17, 15) is 4.79 Å². The molecule has 2 fully saturated rings. The zero-order valence-corrected chi connectivity index (χ0v) is 14.1. The fourth-order valence-corrected chi connectivity index (χ4v) is 3.28. The van der Waals surface area contributed by atoms with Crippen LogP contribution in [0.1, 0.15) is 36.6 Å². The molecule has 128 valence electrons. The van der Waals surface area contributed by atoms with Crippen LogP contribution in [-0.2, 0) is 16.1 Å². The summed E-state index contributed by atoms with van der Waals surface area (Å²) in [4.78, 5) is 18.8. The van der Waals surface area contributed by atoms with Crippen molar-refractivity contribution in [1.29, 1.82) is 0 Å². The Balaban J connectivity index is 1.37. The maximum absolute atomic E-state index is 12.0. The van der Waals surface area contributed by atoms with E-state index in [1.54, 1.807) is 0 Å². The Morgan fingerprint density at radius 2 is 2.09 bits per heavy atom. The zero-order valence-electron chi connectivity index (χ0n) is 14.1. The first-order valence-electron chi connectivity index (χ1n) is 8.62. The third kappa shape index (κ3) is 4.32. The normalized spacial score (nSPS) is 23.3. The Morgan fingerprint density at radius 1 is 1.30 bits per heavy atom. The molecule has 0 bridgehead atoms. The highest BCUT2D eigenvalue weighted by Crippen LogP contribution is 2.20. The highest BCUT2D eigenvalue weighted by molar-refractivity contribution is 5.78. The van der Waals surface area contributed by atoms with Gasteiger partial charge in [-0.1, -0.05) is 0 Å². The molecule has 0 aliphatic carbocycles. The van der Waals surface area contributed by atoms with Gasteiger partial charge in [0.25, 0.3) is 0 Å². The molecule has 1 aromatic rings. The minimum Gasteiger partial charge on any atom is -0.444 e. The van der Waals surface area contributed by atoms with Gasteiger partial charge in [0.1, 0.15) is 5.76 Å². The number of nitrogens with one attached hydrogen (secondary N) is 1. The van der Waals surface area contributed by atoms with E-state index in [4.69, 9.17) is 9.15 Å². The molecule has 2 aliphatic heterocycles. The van der Waals surface area contributed by atoms with Crippen molar-refractivity contribution in [2.45, 2.75) is 39.7 Å². The van der Waals surface area contributed by atoms with E-state index in [1.807, 2.05) is 13.8 Å². The number of hydrogen-bond donors (Lipinski definition) is 1. The van der Waals surface area contributed by atoms with Gasteiger partial charge in [0.2, 0.25) is 11.8 Å². The molecule has 23 heavy (non-hydrogen) atoms. The highest BCUT2D eigenvalue weighted by Gasteiger charge is 2.25. The van der Waals surface area contributed by atoms with Crippen molar-refractivity contribution in [2.75, 3.05) is 32.8 Å². The lowest BCUT2D eigenvalue weighted by atomic mass is 9.96. The maximum Gasteiger partial charge on any atom is 0.225 e. The van der Waals surface area contributed by atoms with Crippen molar-refractivity contribution in [3.63, 3.8) is 0 Å². The van der Waals surface area contributed by atoms with Gasteiger partial charge in [-0.25, -0.2) is 4.98 Å². The molecule has 3 rings (SSSR count). The van der Waals surface area contributed by atoms with E-state index in [1.165, 1.54) is 0 Å². The lowest BCUT2D eigenvalue weighted by molar-refractivity contribution is -0.125. The monoisotopic (exact) mass is 321 g/mol. The lowest BCUT2D eigenvalue weighted by Crippen LogP contribution is -2.40.